The van der Waals surface area contributed by atoms with Crippen molar-refractivity contribution < 1.29 is 18.7 Å². The van der Waals surface area contributed by atoms with Gasteiger partial charge in [-0.2, -0.15) is 0 Å². The molecule has 1 aromatic rings. The van der Waals surface area contributed by atoms with Crippen LogP contribution in [-0.2, 0) is 14.3 Å². The third-order valence-corrected chi connectivity index (χ3v) is 1.64. The molecule has 5 heteroatoms. The molecule has 2 N–H and O–H groups in total. The Kier molecular flexibility index (Phi) is 4.20. The van der Waals surface area contributed by atoms with E-state index in [1.54, 1.807) is 0 Å². The van der Waals surface area contributed by atoms with E-state index in [9.17, 15) is 14.0 Å². The highest BCUT2D eigenvalue weighted by Gasteiger charge is 1.99. The summed E-state index contributed by atoms with van der Waals surface area (Å²) < 4.78 is 17.0. The van der Waals surface area contributed by atoms with E-state index in [1.807, 2.05) is 0 Å². The molecule has 0 saturated carbocycles. The summed E-state index contributed by atoms with van der Waals surface area (Å²) in [7, 11) is 0. The quantitative estimate of drug-likeness (QED) is 0.608. The summed E-state index contributed by atoms with van der Waals surface area (Å²) in [5, 5.41) is 0. The Morgan fingerprint density at radius 3 is 2.50 bits per heavy atom. The highest BCUT2D eigenvalue weighted by atomic mass is 19.1. The molecule has 16 heavy (non-hydrogen) atoms. The molecule has 0 spiro atoms. The largest absolute Gasteiger partial charge is 0.452 e. The number of amides is 1. The number of nitrogens with two attached hydrogens (primary N) is 1. The van der Waals surface area contributed by atoms with Crippen molar-refractivity contribution in [2.75, 3.05) is 6.61 Å². The fourth-order valence-corrected chi connectivity index (χ4v) is 0.929. The molecular formula is C11H10FNO3. The Labute approximate surface area is 91.5 Å². The predicted octanol–water partition coefficient (Wildman–Crippen LogP) is 0.867. The molecule has 0 bridgehead atoms. The van der Waals surface area contributed by atoms with E-state index in [1.165, 1.54) is 30.3 Å². The average molecular weight is 223 g/mol. The molecule has 0 aliphatic heterocycles. The normalized spacial score (nSPS) is 10.3. The maximum absolute atomic E-state index is 12.5. The molecule has 0 heterocycles. The second-order valence-corrected chi connectivity index (χ2v) is 2.96. The van der Waals surface area contributed by atoms with Crippen molar-refractivity contribution in [1.29, 1.82) is 0 Å². The monoisotopic (exact) mass is 223 g/mol. The first-order valence-electron chi connectivity index (χ1n) is 4.46. The van der Waals surface area contributed by atoms with E-state index >= 15 is 0 Å². The Balaban J connectivity index is 2.50. The van der Waals surface area contributed by atoms with Gasteiger partial charge in [0.25, 0.3) is 5.91 Å². The molecule has 84 valence electrons. The molecule has 1 amide bonds. The third-order valence-electron chi connectivity index (χ3n) is 1.64. The van der Waals surface area contributed by atoms with Crippen molar-refractivity contribution in [2.24, 2.45) is 5.73 Å². The van der Waals surface area contributed by atoms with Crippen molar-refractivity contribution in [1.82, 2.24) is 0 Å². The van der Waals surface area contributed by atoms with E-state index in [2.05, 4.69) is 4.74 Å². The fraction of sp³-hybridized carbons (Fsp3) is 0.0909. The standard InChI is InChI=1S/C11H10FNO3/c12-9-4-1-8(2-5-9)3-6-11(15)16-7-10(13)14/h1-6H,7H2,(H2,13,14)/b6-3+. The second-order valence-electron chi connectivity index (χ2n) is 2.96. The number of carbonyl (C=O) groups excluding carboxylic acids is 2. The number of carbonyl (C=O) groups is 2. The summed E-state index contributed by atoms with van der Waals surface area (Å²) in [6.45, 7) is -0.452. The van der Waals surface area contributed by atoms with Crippen LogP contribution in [0.1, 0.15) is 5.56 Å². The van der Waals surface area contributed by atoms with Gasteiger partial charge in [0, 0.05) is 6.08 Å². The van der Waals surface area contributed by atoms with Gasteiger partial charge in [0.15, 0.2) is 6.61 Å². The summed E-state index contributed by atoms with van der Waals surface area (Å²) in [5.74, 6) is -1.75. The van der Waals surface area contributed by atoms with E-state index in [0.29, 0.717) is 5.56 Å². The smallest absolute Gasteiger partial charge is 0.331 e. The van der Waals surface area contributed by atoms with Gasteiger partial charge in [-0.25, -0.2) is 9.18 Å². The number of hydrogen-bond acceptors (Lipinski definition) is 3. The molecule has 1 aromatic carbocycles. The van der Waals surface area contributed by atoms with Crippen molar-refractivity contribution >= 4 is 18.0 Å². The van der Waals surface area contributed by atoms with E-state index in [-0.39, 0.29) is 5.82 Å². The molecular weight excluding hydrogens is 213 g/mol. The van der Waals surface area contributed by atoms with Crippen LogP contribution >= 0.6 is 0 Å². The predicted molar refractivity (Wildman–Crippen MR) is 55.6 cm³/mol. The minimum absolute atomic E-state index is 0.353. The maximum atomic E-state index is 12.5. The number of ether oxygens (including phenoxy) is 1. The maximum Gasteiger partial charge on any atom is 0.331 e. The molecule has 0 saturated heterocycles. The first-order chi connectivity index (χ1) is 7.58. The van der Waals surface area contributed by atoms with Gasteiger partial charge < -0.3 is 10.5 Å². The number of rotatable bonds is 4. The van der Waals surface area contributed by atoms with E-state index in [4.69, 9.17) is 5.73 Å². The topological polar surface area (TPSA) is 69.4 Å². The van der Waals surface area contributed by atoms with Gasteiger partial charge in [0.2, 0.25) is 0 Å². The zero-order chi connectivity index (χ0) is 12.0. The lowest BCUT2D eigenvalue weighted by Crippen LogP contribution is -2.19. The molecule has 0 aliphatic rings. The van der Waals surface area contributed by atoms with Crippen LogP contribution in [0.15, 0.2) is 30.3 Å². The fourth-order valence-electron chi connectivity index (χ4n) is 0.929. The van der Waals surface area contributed by atoms with Crippen LogP contribution in [0.5, 0.6) is 0 Å². The van der Waals surface area contributed by atoms with Crippen LogP contribution < -0.4 is 5.73 Å². The molecule has 0 aromatic heterocycles. The third kappa shape index (κ3) is 4.36. The molecule has 0 radical (unpaired) electrons. The van der Waals surface area contributed by atoms with E-state index < -0.39 is 18.5 Å². The van der Waals surface area contributed by atoms with Gasteiger partial charge in [-0.05, 0) is 23.8 Å². The SMILES string of the molecule is NC(=O)COC(=O)/C=C/c1ccc(F)cc1. The molecule has 0 fully saturated rings. The lowest BCUT2D eigenvalue weighted by atomic mass is 10.2. The van der Waals surface area contributed by atoms with Gasteiger partial charge in [-0.3, -0.25) is 4.79 Å². The van der Waals surface area contributed by atoms with Gasteiger partial charge >= 0.3 is 5.97 Å². The zero-order valence-corrected chi connectivity index (χ0v) is 8.35. The van der Waals surface area contributed by atoms with Gasteiger partial charge in [0.1, 0.15) is 5.82 Å². The van der Waals surface area contributed by atoms with Crippen molar-refractivity contribution in [2.45, 2.75) is 0 Å². The first-order valence-corrected chi connectivity index (χ1v) is 4.46. The molecule has 4 nitrogen and oxygen atoms in total. The van der Waals surface area contributed by atoms with Gasteiger partial charge in [0.05, 0.1) is 0 Å². The van der Waals surface area contributed by atoms with Crippen molar-refractivity contribution in [3.8, 4) is 0 Å². The minimum Gasteiger partial charge on any atom is -0.452 e. The summed E-state index contributed by atoms with van der Waals surface area (Å²) in [6.07, 6.45) is 2.58. The van der Waals surface area contributed by atoms with Crippen LogP contribution in [0.4, 0.5) is 4.39 Å². The minimum atomic E-state index is -0.719. The summed E-state index contributed by atoms with van der Waals surface area (Å²) in [5.41, 5.74) is 5.43. The second kappa shape index (κ2) is 5.65. The number of primary amides is 1. The number of halogens is 1. The number of benzene rings is 1. The van der Waals surface area contributed by atoms with Crippen LogP contribution in [0.2, 0.25) is 0 Å². The highest BCUT2D eigenvalue weighted by molar-refractivity contribution is 5.88. The Morgan fingerprint density at radius 1 is 1.31 bits per heavy atom. The van der Waals surface area contributed by atoms with Gasteiger partial charge in [-0.1, -0.05) is 12.1 Å². The van der Waals surface area contributed by atoms with Crippen LogP contribution in [-0.4, -0.2) is 18.5 Å². The summed E-state index contributed by atoms with van der Waals surface area (Å²) >= 11 is 0. The van der Waals surface area contributed by atoms with Crippen LogP contribution in [0.3, 0.4) is 0 Å². The first kappa shape index (κ1) is 11.9. The lowest BCUT2D eigenvalue weighted by Gasteiger charge is -1.96. The number of hydrogen-bond donors (Lipinski definition) is 1. The van der Waals surface area contributed by atoms with Crippen molar-refractivity contribution in [3.05, 3.63) is 41.7 Å². The highest BCUT2D eigenvalue weighted by Crippen LogP contribution is 2.04. The van der Waals surface area contributed by atoms with Crippen LogP contribution in [0, 0.1) is 5.82 Å². The van der Waals surface area contributed by atoms with E-state index in [0.717, 1.165) is 6.08 Å². The summed E-state index contributed by atoms with van der Waals surface area (Å²) in [6, 6.07) is 5.56. The number of esters is 1. The average Bonchev–Trinajstić information content (AvgIpc) is 2.25. The summed E-state index contributed by atoms with van der Waals surface area (Å²) in [4.78, 5) is 21.3. The Morgan fingerprint density at radius 2 is 1.94 bits per heavy atom. The van der Waals surface area contributed by atoms with Crippen LogP contribution in [0.25, 0.3) is 6.08 Å². The Hall–Kier alpha value is -2.17. The molecule has 0 unspecified atom stereocenters. The molecule has 0 aliphatic carbocycles. The zero-order valence-electron chi connectivity index (χ0n) is 8.35. The lowest BCUT2D eigenvalue weighted by molar-refractivity contribution is -0.142. The van der Waals surface area contributed by atoms with Gasteiger partial charge in [-0.15, -0.1) is 0 Å². The Bertz CT molecular complexity index is 412. The molecule has 1 rings (SSSR count). The molecule has 0 atom stereocenters. The van der Waals surface area contributed by atoms with Crippen molar-refractivity contribution in [3.63, 3.8) is 0 Å².